The second-order valence-electron chi connectivity index (χ2n) is 5.56. The van der Waals surface area contributed by atoms with E-state index in [0.717, 1.165) is 25.8 Å². The number of carbonyl (C=O) groups is 1. The quantitative estimate of drug-likeness (QED) is 0.733. The van der Waals surface area contributed by atoms with Gasteiger partial charge in [-0.2, -0.15) is 0 Å². The lowest BCUT2D eigenvalue weighted by Gasteiger charge is -2.34. The number of β-amino-alcohol motifs (C(OH)–C–C–N with tert-alkyl or cyclic N) is 1. The molecule has 98 valence electrons. The van der Waals surface area contributed by atoms with Gasteiger partial charge >= 0.3 is 6.03 Å². The van der Waals surface area contributed by atoms with E-state index in [0.29, 0.717) is 18.5 Å². The van der Waals surface area contributed by atoms with Gasteiger partial charge in [-0.25, -0.2) is 4.79 Å². The van der Waals surface area contributed by atoms with Gasteiger partial charge in [0.25, 0.3) is 0 Å². The summed E-state index contributed by atoms with van der Waals surface area (Å²) in [7, 11) is 0. The van der Waals surface area contributed by atoms with E-state index in [4.69, 9.17) is 0 Å². The third-order valence-electron chi connectivity index (χ3n) is 4.10. The molecule has 0 aromatic carbocycles. The second kappa shape index (κ2) is 5.71. The molecule has 1 heterocycles. The molecule has 17 heavy (non-hydrogen) atoms. The summed E-state index contributed by atoms with van der Waals surface area (Å²) in [6.07, 6.45) is 6.22. The van der Waals surface area contributed by atoms with Crippen LogP contribution in [0.2, 0.25) is 0 Å². The average molecular weight is 240 g/mol. The lowest BCUT2D eigenvalue weighted by molar-refractivity contribution is 0.0817. The first kappa shape index (κ1) is 12.7. The number of hydrogen-bond acceptors (Lipinski definition) is 2. The summed E-state index contributed by atoms with van der Waals surface area (Å²) in [5.74, 6) is 0.586. The number of aliphatic hydroxyl groups excluding tert-OH is 1. The fourth-order valence-electron chi connectivity index (χ4n) is 2.92. The van der Waals surface area contributed by atoms with Gasteiger partial charge in [-0.15, -0.1) is 0 Å². The van der Waals surface area contributed by atoms with Crippen LogP contribution >= 0.6 is 0 Å². The molecule has 2 rings (SSSR count). The Bertz CT molecular complexity index is 270. The first-order chi connectivity index (χ1) is 8.16. The van der Waals surface area contributed by atoms with Gasteiger partial charge < -0.3 is 15.3 Å². The van der Waals surface area contributed by atoms with Crippen molar-refractivity contribution in [3.05, 3.63) is 0 Å². The minimum atomic E-state index is -0.335. The van der Waals surface area contributed by atoms with Crippen molar-refractivity contribution in [3.63, 3.8) is 0 Å². The van der Waals surface area contributed by atoms with Crippen molar-refractivity contribution < 1.29 is 9.90 Å². The average Bonchev–Trinajstić information content (AvgIpc) is 2.32. The van der Waals surface area contributed by atoms with Gasteiger partial charge in [-0.05, 0) is 31.6 Å². The largest absolute Gasteiger partial charge is 0.391 e. The molecule has 1 saturated heterocycles. The fourth-order valence-corrected chi connectivity index (χ4v) is 2.92. The maximum atomic E-state index is 12.1. The predicted molar refractivity (Wildman–Crippen MR) is 66.8 cm³/mol. The van der Waals surface area contributed by atoms with Gasteiger partial charge in [0.05, 0.1) is 6.10 Å². The molecule has 0 aromatic heterocycles. The molecule has 3 atom stereocenters. The summed E-state index contributed by atoms with van der Waals surface area (Å²) in [5.41, 5.74) is 0. The van der Waals surface area contributed by atoms with E-state index in [9.17, 15) is 9.90 Å². The summed E-state index contributed by atoms with van der Waals surface area (Å²) in [6, 6.07) is 0.345. The fraction of sp³-hybridized carbons (Fsp3) is 0.923. The van der Waals surface area contributed by atoms with Crippen LogP contribution < -0.4 is 5.32 Å². The molecule has 3 unspecified atom stereocenters. The molecule has 1 aliphatic heterocycles. The normalized spacial score (nSPS) is 34.5. The van der Waals surface area contributed by atoms with E-state index < -0.39 is 0 Å². The maximum absolute atomic E-state index is 12.1. The number of piperidine rings is 1. The molecule has 2 aliphatic rings. The van der Waals surface area contributed by atoms with Crippen molar-refractivity contribution in [2.45, 2.75) is 57.6 Å². The lowest BCUT2D eigenvalue weighted by Crippen LogP contribution is -2.51. The Labute approximate surface area is 103 Å². The van der Waals surface area contributed by atoms with Crippen LogP contribution in [0, 0.1) is 5.92 Å². The van der Waals surface area contributed by atoms with Crippen LogP contribution in [0.4, 0.5) is 4.79 Å². The van der Waals surface area contributed by atoms with Crippen molar-refractivity contribution >= 4 is 6.03 Å². The van der Waals surface area contributed by atoms with Crippen molar-refractivity contribution in [1.29, 1.82) is 0 Å². The Morgan fingerprint density at radius 3 is 2.71 bits per heavy atom. The van der Waals surface area contributed by atoms with Gasteiger partial charge in [-0.1, -0.05) is 19.8 Å². The van der Waals surface area contributed by atoms with Gasteiger partial charge in [0.1, 0.15) is 0 Å². The molecule has 0 radical (unpaired) electrons. The maximum Gasteiger partial charge on any atom is 0.317 e. The molecule has 1 aliphatic carbocycles. The zero-order valence-corrected chi connectivity index (χ0v) is 10.7. The van der Waals surface area contributed by atoms with E-state index in [1.165, 1.54) is 19.3 Å². The smallest absolute Gasteiger partial charge is 0.317 e. The SMILES string of the molecule is CC1CCCCC1NC(=O)N1CCCC(O)C1. The Balaban J connectivity index is 1.83. The zero-order chi connectivity index (χ0) is 12.3. The number of likely N-dealkylation sites (tertiary alicyclic amines) is 1. The van der Waals surface area contributed by atoms with Crippen LogP contribution in [0.3, 0.4) is 0 Å². The first-order valence-corrected chi connectivity index (χ1v) is 6.90. The number of nitrogens with one attached hydrogen (secondary N) is 1. The highest BCUT2D eigenvalue weighted by molar-refractivity contribution is 5.74. The van der Waals surface area contributed by atoms with E-state index >= 15 is 0 Å². The van der Waals surface area contributed by atoms with Gasteiger partial charge in [0, 0.05) is 19.1 Å². The molecule has 4 nitrogen and oxygen atoms in total. The van der Waals surface area contributed by atoms with Crippen LogP contribution in [0.25, 0.3) is 0 Å². The minimum Gasteiger partial charge on any atom is -0.391 e. The second-order valence-corrected chi connectivity index (χ2v) is 5.56. The highest BCUT2D eigenvalue weighted by Gasteiger charge is 2.27. The standard InChI is InChI=1S/C13H24N2O2/c1-10-5-2-3-7-12(10)14-13(17)15-8-4-6-11(16)9-15/h10-12,16H,2-9H2,1H3,(H,14,17). The van der Waals surface area contributed by atoms with Crippen LogP contribution in [0.15, 0.2) is 0 Å². The number of carbonyl (C=O) groups excluding carboxylic acids is 1. The summed E-state index contributed by atoms with van der Waals surface area (Å²) in [5, 5.41) is 12.7. The highest BCUT2D eigenvalue weighted by Crippen LogP contribution is 2.24. The Morgan fingerprint density at radius 1 is 1.24 bits per heavy atom. The number of amides is 2. The monoisotopic (exact) mass is 240 g/mol. The molecule has 1 saturated carbocycles. The molecule has 2 amide bonds. The van der Waals surface area contributed by atoms with Crippen molar-refractivity contribution in [2.24, 2.45) is 5.92 Å². The third-order valence-corrected chi connectivity index (χ3v) is 4.10. The van der Waals surface area contributed by atoms with E-state index in [1.807, 2.05) is 0 Å². The molecule has 4 heteroatoms. The number of urea groups is 1. The Kier molecular flexibility index (Phi) is 4.26. The van der Waals surface area contributed by atoms with Gasteiger partial charge in [0.2, 0.25) is 0 Å². The predicted octanol–water partition coefficient (Wildman–Crippen LogP) is 1.73. The van der Waals surface area contributed by atoms with Crippen LogP contribution in [-0.2, 0) is 0 Å². The zero-order valence-electron chi connectivity index (χ0n) is 10.7. The first-order valence-electron chi connectivity index (χ1n) is 6.90. The van der Waals surface area contributed by atoms with Crippen LogP contribution in [-0.4, -0.2) is 41.3 Å². The summed E-state index contributed by atoms with van der Waals surface area (Å²) in [4.78, 5) is 13.8. The molecular weight excluding hydrogens is 216 g/mol. The summed E-state index contributed by atoms with van der Waals surface area (Å²) in [6.45, 7) is 3.49. The number of hydrogen-bond donors (Lipinski definition) is 2. The van der Waals surface area contributed by atoms with Gasteiger partial charge in [0.15, 0.2) is 0 Å². The molecule has 0 bridgehead atoms. The summed E-state index contributed by atoms with van der Waals surface area (Å²) >= 11 is 0. The Morgan fingerprint density at radius 2 is 2.00 bits per heavy atom. The topological polar surface area (TPSA) is 52.6 Å². The lowest BCUT2D eigenvalue weighted by atomic mass is 9.86. The van der Waals surface area contributed by atoms with Crippen molar-refractivity contribution in [2.75, 3.05) is 13.1 Å². The third kappa shape index (κ3) is 3.35. The van der Waals surface area contributed by atoms with Crippen molar-refractivity contribution in [3.8, 4) is 0 Å². The van der Waals surface area contributed by atoms with Gasteiger partial charge in [-0.3, -0.25) is 0 Å². The number of nitrogens with zero attached hydrogens (tertiary/aromatic N) is 1. The summed E-state index contributed by atoms with van der Waals surface area (Å²) < 4.78 is 0. The molecule has 0 aromatic rings. The van der Waals surface area contributed by atoms with E-state index in [-0.39, 0.29) is 12.1 Å². The van der Waals surface area contributed by atoms with E-state index in [2.05, 4.69) is 12.2 Å². The molecule has 2 N–H and O–H groups in total. The molecular formula is C13H24N2O2. The van der Waals surface area contributed by atoms with Crippen LogP contribution in [0.1, 0.15) is 45.4 Å². The minimum absolute atomic E-state index is 0.0162. The highest BCUT2D eigenvalue weighted by atomic mass is 16.3. The number of rotatable bonds is 1. The Hall–Kier alpha value is -0.770. The van der Waals surface area contributed by atoms with Crippen molar-refractivity contribution in [1.82, 2.24) is 10.2 Å². The molecule has 2 fully saturated rings. The molecule has 0 spiro atoms. The number of aliphatic hydroxyl groups is 1. The van der Waals surface area contributed by atoms with E-state index in [1.54, 1.807) is 4.90 Å². The van der Waals surface area contributed by atoms with Crippen LogP contribution in [0.5, 0.6) is 0 Å².